The molecule has 1 saturated heterocycles. The van der Waals surface area contributed by atoms with E-state index >= 15 is 0 Å². The first kappa shape index (κ1) is 18.8. The summed E-state index contributed by atoms with van der Waals surface area (Å²) in [5.41, 5.74) is 0. The van der Waals surface area contributed by atoms with E-state index in [9.17, 15) is 16.8 Å². The molecule has 0 bridgehead atoms. The summed E-state index contributed by atoms with van der Waals surface area (Å²) in [7, 11) is -7.11. The van der Waals surface area contributed by atoms with E-state index < -0.39 is 20.0 Å². The summed E-state index contributed by atoms with van der Waals surface area (Å²) in [6.45, 7) is 3.35. The third-order valence-corrected chi connectivity index (χ3v) is 9.13. The fourth-order valence-electron chi connectivity index (χ4n) is 3.81. The first-order valence-corrected chi connectivity index (χ1v) is 11.9. The lowest BCUT2D eigenvalue weighted by Crippen LogP contribution is -2.38. The molecule has 8 heteroatoms. The molecular formula is C17H26N2O4S2. The molecular weight excluding hydrogens is 360 g/mol. The molecule has 0 spiro atoms. The number of benzene rings is 1. The third kappa shape index (κ3) is 3.63. The van der Waals surface area contributed by atoms with Gasteiger partial charge in [-0.1, -0.05) is 19.8 Å². The second-order valence-corrected chi connectivity index (χ2v) is 10.6. The highest BCUT2D eigenvalue weighted by atomic mass is 32.2. The highest BCUT2D eigenvalue weighted by Crippen LogP contribution is 2.29. The van der Waals surface area contributed by atoms with Crippen molar-refractivity contribution in [3.05, 3.63) is 24.3 Å². The molecule has 1 saturated carbocycles. The van der Waals surface area contributed by atoms with Crippen molar-refractivity contribution >= 4 is 20.0 Å². The summed E-state index contributed by atoms with van der Waals surface area (Å²) in [5, 5.41) is 0. The fourth-order valence-corrected chi connectivity index (χ4v) is 7.02. The second kappa shape index (κ2) is 7.34. The van der Waals surface area contributed by atoms with Crippen molar-refractivity contribution in [2.45, 2.75) is 61.3 Å². The first-order chi connectivity index (χ1) is 11.9. The molecule has 1 aromatic rings. The zero-order chi connectivity index (χ0) is 18.1. The summed E-state index contributed by atoms with van der Waals surface area (Å²) in [4.78, 5) is 0.332. The molecule has 0 amide bonds. The molecule has 1 aromatic carbocycles. The monoisotopic (exact) mass is 386 g/mol. The van der Waals surface area contributed by atoms with Crippen LogP contribution in [0.15, 0.2) is 34.1 Å². The molecule has 1 aliphatic carbocycles. The summed E-state index contributed by atoms with van der Waals surface area (Å²) >= 11 is 0. The molecule has 0 aromatic heterocycles. The highest BCUT2D eigenvalue weighted by Gasteiger charge is 2.33. The summed E-state index contributed by atoms with van der Waals surface area (Å²) < 4.78 is 54.0. The number of rotatable bonds is 6. The zero-order valence-electron chi connectivity index (χ0n) is 14.6. The zero-order valence-corrected chi connectivity index (χ0v) is 16.2. The maximum atomic E-state index is 12.9. The van der Waals surface area contributed by atoms with Crippen LogP contribution in [0.5, 0.6) is 0 Å². The Kier molecular flexibility index (Phi) is 5.53. The van der Waals surface area contributed by atoms with Gasteiger partial charge in [0.05, 0.1) is 9.79 Å². The maximum Gasteiger partial charge on any atom is 0.243 e. The van der Waals surface area contributed by atoms with Gasteiger partial charge in [0.25, 0.3) is 0 Å². The number of hydrogen-bond acceptors (Lipinski definition) is 4. The molecule has 1 aliphatic heterocycles. The second-order valence-electron chi connectivity index (χ2n) is 6.73. The molecule has 3 rings (SSSR count). The van der Waals surface area contributed by atoms with Crippen LogP contribution in [-0.2, 0) is 20.0 Å². The van der Waals surface area contributed by atoms with Crippen LogP contribution < -0.4 is 0 Å². The van der Waals surface area contributed by atoms with Crippen molar-refractivity contribution in [3.8, 4) is 0 Å². The average Bonchev–Trinajstić information content (AvgIpc) is 3.29. The van der Waals surface area contributed by atoms with E-state index in [4.69, 9.17) is 0 Å². The van der Waals surface area contributed by atoms with E-state index in [0.717, 1.165) is 38.5 Å². The van der Waals surface area contributed by atoms with Crippen LogP contribution in [0.4, 0.5) is 0 Å². The van der Waals surface area contributed by atoms with E-state index in [1.54, 1.807) is 4.31 Å². The largest absolute Gasteiger partial charge is 0.243 e. The standard InChI is InChI=1S/C17H26N2O4S2/c1-2-19(15-7-3-4-8-15)25(22,23)17-11-9-16(10-12-17)24(20,21)18-13-5-6-14-18/h9-12,15H,2-8,13-14H2,1H3. The van der Waals surface area contributed by atoms with Gasteiger partial charge in [-0.05, 0) is 49.9 Å². The SMILES string of the molecule is CCN(C1CCCC1)S(=O)(=O)c1ccc(S(=O)(=O)N2CCCC2)cc1. The minimum absolute atomic E-state index is 0.0583. The van der Waals surface area contributed by atoms with Crippen molar-refractivity contribution in [2.75, 3.05) is 19.6 Å². The van der Waals surface area contributed by atoms with Gasteiger partial charge in [-0.2, -0.15) is 8.61 Å². The van der Waals surface area contributed by atoms with Gasteiger partial charge < -0.3 is 0 Å². The van der Waals surface area contributed by atoms with Crippen molar-refractivity contribution in [3.63, 3.8) is 0 Å². The lowest BCUT2D eigenvalue weighted by Gasteiger charge is -2.26. The van der Waals surface area contributed by atoms with Crippen molar-refractivity contribution < 1.29 is 16.8 Å². The lowest BCUT2D eigenvalue weighted by molar-refractivity contribution is 0.335. The average molecular weight is 387 g/mol. The Labute approximate surface area is 150 Å². The van der Waals surface area contributed by atoms with Gasteiger partial charge in [-0.25, -0.2) is 16.8 Å². The minimum atomic E-state index is -3.59. The molecule has 25 heavy (non-hydrogen) atoms. The van der Waals surface area contributed by atoms with Crippen LogP contribution in [-0.4, -0.2) is 51.1 Å². The summed E-state index contributed by atoms with van der Waals surface area (Å²) in [6, 6.07) is 5.75. The molecule has 6 nitrogen and oxygen atoms in total. The fraction of sp³-hybridized carbons (Fsp3) is 0.647. The van der Waals surface area contributed by atoms with Crippen molar-refractivity contribution in [1.29, 1.82) is 0 Å². The number of nitrogens with zero attached hydrogens (tertiary/aromatic N) is 2. The first-order valence-electron chi connectivity index (χ1n) is 8.99. The van der Waals surface area contributed by atoms with E-state index in [0.29, 0.717) is 19.6 Å². The Morgan fingerprint density at radius 3 is 1.96 bits per heavy atom. The lowest BCUT2D eigenvalue weighted by atomic mass is 10.2. The van der Waals surface area contributed by atoms with Gasteiger partial charge in [0, 0.05) is 25.7 Å². The number of hydrogen-bond donors (Lipinski definition) is 0. The maximum absolute atomic E-state index is 12.9. The quantitative estimate of drug-likeness (QED) is 0.752. The number of sulfonamides is 2. The minimum Gasteiger partial charge on any atom is -0.207 e. The van der Waals surface area contributed by atoms with Crippen LogP contribution in [0.25, 0.3) is 0 Å². The Hall–Kier alpha value is -0.960. The van der Waals surface area contributed by atoms with Gasteiger partial charge in [0.15, 0.2) is 0 Å². The van der Waals surface area contributed by atoms with Crippen molar-refractivity contribution in [1.82, 2.24) is 8.61 Å². The summed E-state index contributed by atoms with van der Waals surface area (Å²) in [6.07, 6.45) is 5.66. The Bertz CT molecular complexity index is 792. The molecule has 1 heterocycles. The van der Waals surface area contributed by atoms with Crippen molar-refractivity contribution in [2.24, 2.45) is 0 Å². The molecule has 2 aliphatic rings. The van der Waals surface area contributed by atoms with Crippen LogP contribution in [0.1, 0.15) is 45.4 Å². The Balaban J connectivity index is 1.85. The Morgan fingerprint density at radius 2 is 1.44 bits per heavy atom. The van der Waals surface area contributed by atoms with Gasteiger partial charge in [0.2, 0.25) is 20.0 Å². The van der Waals surface area contributed by atoms with Crippen LogP contribution in [0.2, 0.25) is 0 Å². The van der Waals surface area contributed by atoms with E-state index in [2.05, 4.69) is 0 Å². The van der Waals surface area contributed by atoms with Crippen LogP contribution >= 0.6 is 0 Å². The molecule has 140 valence electrons. The van der Waals surface area contributed by atoms with E-state index in [-0.39, 0.29) is 15.8 Å². The van der Waals surface area contributed by atoms with Gasteiger partial charge in [-0.3, -0.25) is 0 Å². The molecule has 0 atom stereocenters. The van der Waals surface area contributed by atoms with Crippen LogP contribution in [0.3, 0.4) is 0 Å². The molecule has 0 unspecified atom stereocenters. The van der Waals surface area contributed by atoms with E-state index in [1.165, 1.54) is 28.6 Å². The molecule has 0 radical (unpaired) electrons. The summed E-state index contributed by atoms with van der Waals surface area (Å²) in [5.74, 6) is 0. The van der Waals surface area contributed by atoms with Crippen LogP contribution in [0, 0.1) is 0 Å². The Morgan fingerprint density at radius 1 is 0.920 bits per heavy atom. The topological polar surface area (TPSA) is 74.8 Å². The van der Waals surface area contributed by atoms with E-state index in [1.807, 2.05) is 6.92 Å². The predicted molar refractivity (Wildman–Crippen MR) is 96.3 cm³/mol. The predicted octanol–water partition coefficient (Wildman–Crippen LogP) is 2.42. The third-order valence-electron chi connectivity index (χ3n) is 5.18. The molecule has 2 fully saturated rings. The molecule has 0 N–H and O–H groups in total. The highest BCUT2D eigenvalue weighted by molar-refractivity contribution is 7.89. The smallest absolute Gasteiger partial charge is 0.207 e. The van der Waals surface area contributed by atoms with Gasteiger partial charge in [0.1, 0.15) is 0 Å². The van der Waals surface area contributed by atoms with Gasteiger partial charge >= 0.3 is 0 Å². The van der Waals surface area contributed by atoms with Gasteiger partial charge in [-0.15, -0.1) is 0 Å². The normalized spacial score (nSPS) is 20.6.